The van der Waals surface area contributed by atoms with Crippen LogP contribution in [0.4, 0.5) is 0 Å². The maximum Gasteiger partial charge on any atom is 0.0873 e. The maximum atomic E-state index is 5.69. The summed E-state index contributed by atoms with van der Waals surface area (Å²) in [6.07, 6.45) is 11.3. The fourth-order valence-corrected chi connectivity index (χ4v) is 5.19. The van der Waals surface area contributed by atoms with E-state index in [-0.39, 0.29) is 0 Å². The molecule has 1 aliphatic carbocycles. The highest BCUT2D eigenvalue weighted by Crippen LogP contribution is 2.27. The SMILES string of the molecule is C(OCCCC1CSCCS1)=C1CCCCC1. The molecule has 0 spiro atoms. The van der Waals surface area contributed by atoms with Gasteiger partial charge in [-0.1, -0.05) is 6.42 Å². The lowest BCUT2D eigenvalue weighted by Gasteiger charge is -2.20. The fourth-order valence-electron chi connectivity index (χ4n) is 2.40. The lowest BCUT2D eigenvalue weighted by atomic mass is 9.96. The number of hydrogen-bond acceptors (Lipinski definition) is 3. The molecule has 3 heteroatoms. The second kappa shape index (κ2) is 8.36. The molecule has 0 aromatic carbocycles. The Kier molecular flexibility index (Phi) is 6.72. The van der Waals surface area contributed by atoms with Gasteiger partial charge in [0.2, 0.25) is 0 Å². The van der Waals surface area contributed by atoms with E-state index in [1.165, 1.54) is 62.2 Å². The second-order valence-corrected chi connectivity index (χ2v) is 7.48. The van der Waals surface area contributed by atoms with Gasteiger partial charge in [-0.15, -0.1) is 0 Å². The fraction of sp³-hybridized carbons (Fsp3) is 0.857. The highest BCUT2D eigenvalue weighted by Gasteiger charge is 2.13. The molecule has 0 radical (unpaired) electrons. The van der Waals surface area contributed by atoms with Crippen LogP contribution in [-0.4, -0.2) is 29.1 Å². The van der Waals surface area contributed by atoms with Crippen LogP contribution < -0.4 is 0 Å². The van der Waals surface area contributed by atoms with Gasteiger partial charge in [0.15, 0.2) is 0 Å². The van der Waals surface area contributed by atoms with E-state index < -0.39 is 0 Å². The van der Waals surface area contributed by atoms with Gasteiger partial charge in [0.25, 0.3) is 0 Å². The molecular formula is C14H24OS2. The first-order chi connectivity index (χ1) is 8.45. The van der Waals surface area contributed by atoms with E-state index in [0.717, 1.165) is 11.9 Å². The largest absolute Gasteiger partial charge is 0.501 e. The molecule has 1 heterocycles. The highest BCUT2D eigenvalue weighted by atomic mass is 32.2. The normalized spacial score (nSPS) is 25.6. The summed E-state index contributed by atoms with van der Waals surface area (Å²) in [7, 11) is 0. The van der Waals surface area contributed by atoms with E-state index in [9.17, 15) is 0 Å². The number of thioether (sulfide) groups is 2. The smallest absolute Gasteiger partial charge is 0.0873 e. The summed E-state index contributed by atoms with van der Waals surface area (Å²) in [4.78, 5) is 0. The molecule has 0 amide bonds. The van der Waals surface area contributed by atoms with Crippen molar-refractivity contribution in [3.8, 4) is 0 Å². The van der Waals surface area contributed by atoms with E-state index >= 15 is 0 Å². The monoisotopic (exact) mass is 272 g/mol. The number of ether oxygens (including phenoxy) is 1. The molecule has 1 atom stereocenters. The van der Waals surface area contributed by atoms with Crippen LogP contribution in [0.25, 0.3) is 0 Å². The standard InChI is InChI=1S/C14H24OS2/c1-2-5-13(6-3-1)11-15-8-4-7-14-12-16-9-10-17-14/h11,14H,1-10,12H2. The first-order valence-corrected chi connectivity index (χ1v) is 9.14. The van der Waals surface area contributed by atoms with Gasteiger partial charge < -0.3 is 4.74 Å². The Morgan fingerprint density at radius 3 is 2.82 bits per heavy atom. The third-order valence-corrected chi connectivity index (χ3v) is 6.33. The lowest BCUT2D eigenvalue weighted by Crippen LogP contribution is -2.14. The molecular weight excluding hydrogens is 248 g/mol. The van der Waals surface area contributed by atoms with Gasteiger partial charge in [0.1, 0.15) is 0 Å². The molecule has 0 bridgehead atoms. The minimum absolute atomic E-state index is 0.889. The second-order valence-electron chi connectivity index (χ2n) is 4.92. The van der Waals surface area contributed by atoms with Gasteiger partial charge in [0, 0.05) is 22.5 Å². The first-order valence-electron chi connectivity index (χ1n) is 6.94. The van der Waals surface area contributed by atoms with Crippen molar-refractivity contribution < 1.29 is 4.74 Å². The van der Waals surface area contributed by atoms with E-state index in [1.54, 1.807) is 5.57 Å². The Morgan fingerprint density at radius 2 is 2.06 bits per heavy atom. The molecule has 0 aromatic rings. The highest BCUT2D eigenvalue weighted by molar-refractivity contribution is 8.06. The summed E-state index contributed by atoms with van der Waals surface area (Å²) in [6.45, 7) is 0.922. The Balaban J connectivity index is 1.50. The molecule has 0 aromatic heterocycles. The van der Waals surface area contributed by atoms with Crippen molar-refractivity contribution in [2.45, 2.75) is 50.2 Å². The van der Waals surface area contributed by atoms with Gasteiger partial charge in [-0.25, -0.2) is 0 Å². The van der Waals surface area contributed by atoms with Crippen LogP contribution in [0.1, 0.15) is 44.9 Å². The summed E-state index contributed by atoms with van der Waals surface area (Å²) < 4.78 is 5.69. The van der Waals surface area contributed by atoms with Crippen LogP contribution in [0.3, 0.4) is 0 Å². The van der Waals surface area contributed by atoms with E-state index in [4.69, 9.17) is 4.74 Å². The van der Waals surface area contributed by atoms with Crippen LogP contribution in [0.2, 0.25) is 0 Å². The van der Waals surface area contributed by atoms with Crippen molar-refractivity contribution in [2.75, 3.05) is 23.9 Å². The molecule has 1 saturated heterocycles. The van der Waals surface area contributed by atoms with Crippen molar-refractivity contribution in [2.24, 2.45) is 0 Å². The molecule has 1 saturated carbocycles. The van der Waals surface area contributed by atoms with Crippen LogP contribution in [0, 0.1) is 0 Å². The van der Waals surface area contributed by atoms with E-state index in [1.807, 2.05) is 0 Å². The zero-order chi connectivity index (χ0) is 11.8. The number of allylic oxidation sites excluding steroid dienone is 1. The Bertz CT molecular complexity index is 226. The minimum atomic E-state index is 0.889. The van der Waals surface area contributed by atoms with Gasteiger partial charge >= 0.3 is 0 Å². The van der Waals surface area contributed by atoms with Gasteiger partial charge in [-0.2, -0.15) is 23.5 Å². The van der Waals surface area contributed by atoms with Crippen molar-refractivity contribution in [3.05, 3.63) is 11.8 Å². The van der Waals surface area contributed by atoms with Gasteiger partial charge in [0.05, 0.1) is 12.9 Å². The van der Waals surface area contributed by atoms with Crippen molar-refractivity contribution in [3.63, 3.8) is 0 Å². The van der Waals surface area contributed by atoms with Crippen molar-refractivity contribution in [1.29, 1.82) is 0 Å². The molecule has 2 aliphatic rings. The Labute approximate surface area is 114 Å². The lowest BCUT2D eigenvalue weighted by molar-refractivity contribution is 0.236. The van der Waals surface area contributed by atoms with E-state index in [2.05, 4.69) is 29.8 Å². The maximum absolute atomic E-state index is 5.69. The third kappa shape index (κ3) is 5.60. The molecule has 2 rings (SSSR count). The predicted molar refractivity (Wildman–Crippen MR) is 79.9 cm³/mol. The topological polar surface area (TPSA) is 9.23 Å². The molecule has 1 nitrogen and oxygen atoms in total. The molecule has 17 heavy (non-hydrogen) atoms. The molecule has 0 N–H and O–H groups in total. The third-order valence-electron chi connectivity index (χ3n) is 3.42. The number of rotatable bonds is 5. The van der Waals surface area contributed by atoms with Crippen LogP contribution >= 0.6 is 23.5 Å². The first kappa shape index (κ1) is 13.7. The van der Waals surface area contributed by atoms with E-state index in [0.29, 0.717) is 0 Å². The predicted octanol–water partition coefficient (Wildman–Crippen LogP) is 4.48. The molecule has 1 aliphatic heterocycles. The Morgan fingerprint density at radius 1 is 1.18 bits per heavy atom. The summed E-state index contributed by atoms with van der Waals surface area (Å²) in [5.41, 5.74) is 1.54. The zero-order valence-electron chi connectivity index (χ0n) is 10.7. The molecule has 1 unspecified atom stereocenters. The molecule has 2 fully saturated rings. The minimum Gasteiger partial charge on any atom is -0.501 e. The Hall–Kier alpha value is 0.240. The zero-order valence-corrected chi connectivity index (χ0v) is 12.3. The van der Waals surface area contributed by atoms with Crippen molar-refractivity contribution >= 4 is 23.5 Å². The van der Waals surface area contributed by atoms with Crippen molar-refractivity contribution in [1.82, 2.24) is 0 Å². The summed E-state index contributed by atoms with van der Waals surface area (Å²) in [5, 5.41) is 0.889. The van der Waals surface area contributed by atoms with Crippen LogP contribution in [0.15, 0.2) is 11.8 Å². The average Bonchev–Trinajstić information content (AvgIpc) is 2.41. The summed E-state index contributed by atoms with van der Waals surface area (Å²) in [6, 6.07) is 0. The average molecular weight is 272 g/mol. The number of hydrogen-bond donors (Lipinski definition) is 0. The molecule has 98 valence electrons. The van der Waals surface area contributed by atoms with Crippen LogP contribution in [0.5, 0.6) is 0 Å². The van der Waals surface area contributed by atoms with Gasteiger partial charge in [-0.3, -0.25) is 0 Å². The summed E-state index contributed by atoms with van der Waals surface area (Å²) in [5.74, 6) is 4.05. The summed E-state index contributed by atoms with van der Waals surface area (Å²) >= 11 is 4.27. The quantitative estimate of drug-likeness (QED) is 0.539. The van der Waals surface area contributed by atoms with Crippen LogP contribution in [-0.2, 0) is 4.74 Å². The van der Waals surface area contributed by atoms with Gasteiger partial charge in [-0.05, 0) is 44.1 Å².